The second kappa shape index (κ2) is 13.4. The molecule has 0 aliphatic rings. The zero-order chi connectivity index (χ0) is 25.3. The standard InChI is InChI=1S/C26H31ClO6S/c1-5-8-20-23(11-10-19(22(29)6-2)25(20)33-17(4)28)32-13-7-14-34-24-12-9-18(15-21(24)27)16(3)26(30)31/h9-12,15-16H,5-8,13-14H2,1-4H3,(H,30,31). The van der Waals surface area contributed by atoms with E-state index in [-0.39, 0.29) is 5.78 Å². The van der Waals surface area contributed by atoms with Gasteiger partial charge in [-0.25, -0.2) is 0 Å². The maximum Gasteiger partial charge on any atom is 0.310 e. The summed E-state index contributed by atoms with van der Waals surface area (Å²) in [6.07, 6.45) is 2.47. The molecule has 0 bridgehead atoms. The topological polar surface area (TPSA) is 89.9 Å². The van der Waals surface area contributed by atoms with Crippen molar-refractivity contribution in [1.29, 1.82) is 0 Å². The maximum atomic E-state index is 12.4. The molecule has 0 saturated heterocycles. The summed E-state index contributed by atoms with van der Waals surface area (Å²) in [5.74, 6) is -0.400. The normalized spacial score (nSPS) is 11.7. The predicted molar refractivity (Wildman–Crippen MR) is 135 cm³/mol. The molecule has 2 aromatic carbocycles. The molecule has 6 nitrogen and oxygen atoms in total. The number of thioether (sulfide) groups is 1. The van der Waals surface area contributed by atoms with Gasteiger partial charge in [-0.2, -0.15) is 0 Å². The highest BCUT2D eigenvalue weighted by molar-refractivity contribution is 7.99. The molecule has 0 amide bonds. The first kappa shape index (κ1) is 27.7. The number of hydrogen-bond acceptors (Lipinski definition) is 6. The van der Waals surface area contributed by atoms with Crippen molar-refractivity contribution in [2.24, 2.45) is 0 Å². The molecule has 0 aliphatic carbocycles. The highest BCUT2D eigenvalue weighted by atomic mass is 35.5. The number of esters is 1. The van der Waals surface area contributed by atoms with Gasteiger partial charge in [-0.15, -0.1) is 11.8 Å². The summed E-state index contributed by atoms with van der Waals surface area (Å²) in [6.45, 7) is 7.17. The average molecular weight is 507 g/mol. The number of carboxylic acids is 1. The second-order valence-corrected chi connectivity index (χ2v) is 9.38. The van der Waals surface area contributed by atoms with Crippen LogP contribution in [0.5, 0.6) is 11.5 Å². The van der Waals surface area contributed by atoms with Crippen LogP contribution in [0.4, 0.5) is 0 Å². The van der Waals surface area contributed by atoms with Crippen LogP contribution in [0.1, 0.15) is 74.4 Å². The lowest BCUT2D eigenvalue weighted by Gasteiger charge is -2.17. The van der Waals surface area contributed by atoms with E-state index in [1.807, 2.05) is 13.0 Å². The first-order chi connectivity index (χ1) is 16.2. The van der Waals surface area contributed by atoms with Gasteiger partial charge in [0.05, 0.1) is 23.1 Å². The first-order valence-corrected chi connectivity index (χ1v) is 12.7. The van der Waals surface area contributed by atoms with Crippen molar-refractivity contribution < 1.29 is 29.0 Å². The lowest BCUT2D eigenvalue weighted by Crippen LogP contribution is -2.12. The number of ketones is 1. The van der Waals surface area contributed by atoms with Crippen molar-refractivity contribution in [1.82, 2.24) is 0 Å². The van der Waals surface area contributed by atoms with Gasteiger partial charge in [-0.3, -0.25) is 14.4 Å². The number of hydrogen-bond donors (Lipinski definition) is 1. The van der Waals surface area contributed by atoms with Crippen LogP contribution in [0.2, 0.25) is 5.02 Å². The number of rotatable bonds is 13. The minimum Gasteiger partial charge on any atom is -0.493 e. The zero-order valence-electron chi connectivity index (χ0n) is 20.0. The van der Waals surface area contributed by atoms with Gasteiger partial charge >= 0.3 is 11.9 Å². The van der Waals surface area contributed by atoms with Gasteiger partial charge in [0.25, 0.3) is 0 Å². The third kappa shape index (κ3) is 7.50. The molecule has 0 radical (unpaired) electrons. The summed E-state index contributed by atoms with van der Waals surface area (Å²) < 4.78 is 11.4. The molecule has 184 valence electrons. The fourth-order valence-corrected chi connectivity index (χ4v) is 4.57. The Kier molecular flexibility index (Phi) is 10.9. The van der Waals surface area contributed by atoms with E-state index in [0.717, 1.165) is 29.1 Å². The fourth-order valence-electron chi connectivity index (χ4n) is 3.37. The van der Waals surface area contributed by atoms with Crippen LogP contribution < -0.4 is 9.47 Å². The Morgan fingerprint density at radius 2 is 1.88 bits per heavy atom. The smallest absolute Gasteiger partial charge is 0.310 e. The lowest BCUT2D eigenvalue weighted by atomic mass is 9.99. The number of ether oxygens (including phenoxy) is 2. The molecule has 0 saturated carbocycles. The van der Waals surface area contributed by atoms with E-state index >= 15 is 0 Å². The molecular formula is C26H31ClO6S. The molecule has 8 heteroatoms. The Bertz CT molecular complexity index is 1040. The quantitative estimate of drug-likeness (QED) is 0.108. The SMILES string of the molecule is CCCc1c(OCCCSc2ccc(C(C)C(=O)O)cc2Cl)ccc(C(=O)CC)c1OC(C)=O. The van der Waals surface area contributed by atoms with E-state index in [1.165, 1.54) is 6.92 Å². The maximum absolute atomic E-state index is 12.4. The molecular weight excluding hydrogens is 476 g/mol. The molecule has 0 fully saturated rings. The number of aliphatic carboxylic acids is 1. The molecule has 1 N–H and O–H groups in total. The van der Waals surface area contributed by atoms with E-state index in [4.69, 9.17) is 26.2 Å². The third-order valence-electron chi connectivity index (χ3n) is 5.21. The van der Waals surface area contributed by atoms with Gasteiger partial charge in [0.2, 0.25) is 0 Å². The first-order valence-electron chi connectivity index (χ1n) is 11.3. The van der Waals surface area contributed by atoms with Crippen LogP contribution in [0, 0.1) is 0 Å². The second-order valence-electron chi connectivity index (χ2n) is 7.84. The molecule has 2 rings (SSSR count). The summed E-state index contributed by atoms with van der Waals surface area (Å²) in [7, 11) is 0. The van der Waals surface area contributed by atoms with E-state index in [9.17, 15) is 14.4 Å². The lowest BCUT2D eigenvalue weighted by molar-refractivity contribution is -0.138. The van der Waals surface area contributed by atoms with Crippen LogP contribution in [-0.4, -0.2) is 35.2 Å². The number of carbonyl (C=O) groups is 3. The van der Waals surface area contributed by atoms with Crippen molar-refractivity contribution in [3.8, 4) is 11.5 Å². The predicted octanol–water partition coefficient (Wildman–Crippen LogP) is 6.56. The Morgan fingerprint density at radius 1 is 1.15 bits per heavy atom. The minimum absolute atomic E-state index is 0.0859. The average Bonchev–Trinajstić information content (AvgIpc) is 2.80. The summed E-state index contributed by atoms with van der Waals surface area (Å²) in [5.41, 5.74) is 1.80. The number of carbonyl (C=O) groups excluding carboxylic acids is 2. The molecule has 1 atom stereocenters. The van der Waals surface area contributed by atoms with Gasteiger partial charge in [0.15, 0.2) is 5.78 Å². The molecule has 34 heavy (non-hydrogen) atoms. The van der Waals surface area contributed by atoms with Crippen LogP contribution in [0.15, 0.2) is 35.2 Å². The Labute approximate surface area is 210 Å². The van der Waals surface area contributed by atoms with Gasteiger partial charge in [-0.1, -0.05) is 37.9 Å². The minimum atomic E-state index is -0.889. The molecule has 0 aromatic heterocycles. The van der Waals surface area contributed by atoms with Gasteiger partial charge in [-0.05, 0) is 49.6 Å². The highest BCUT2D eigenvalue weighted by Crippen LogP contribution is 2.35. The van der Waals surface area contributed by atoms with E-state index in [2.05, 4.69) is 0 Å². The summed E-state index contributed by atoms with van der Waals surface area (Å²) in [5, 5.41) is 9.69. The van der Waals surface area contributed by atoms with Crippen LogP contribution in [0.3, 0.4) is 0 Å². The van der Waals surface area contributed by atoms with Gasteiger partial charge in [0, 0.05) is 29.6 Å². The molecule has 1 unspecified atom stereocenters. The number of halogens is 1. The van der Waals surface area contributed by atoms with Crippen molar-refractivity contribution in [3.63, 3.8) is 0 Å². The monoisotopic (exact) mass is 506 g/mol. The number of Topliss-reactive ketones (excluding diaryl/α,β-unsaturated/α-hetero) is 1. The molecule has 0 aliphatic heterocycles. The van der Waals surface area contributed by atoms with Crippen LogP contribution in [-0.2, 0) is 16.0 Å². The van der Waals surface area contributed by atoms with Crippen molar-refractivity contribution in [2.45, 2.75) is 64.2 Å². The van der Waals surface area contributed by atoms with Crippen LogP contribution in [0.25, 0.3) is 0 Å². The molecule has 0 heterocycles. The van der Waals surface area contributed by atoms with Gasteiger partial charge < -0.3 is 14.6 Å². The Morgan fingerprint density at radius 3 is 2.47 bits per heavy atom. The van der Waals surface area contributed by atoms with E-state index in [1.54, 1.807) is 49.9 Å². The van der Waals surface area contributed by atoms with Crippen molar-refractivity contribution in [2.75, 3.05) is 12.4 Å². The third-order valence-corrected chi connectivity index (χ3v) is 6.80. The van der Waals surface area contributed by atoms with Gasteiger partial charge in [0.1, 0.15) is 11.5 Å². The Hall–Kier alpha value is -2.51. The fraction of sp³-hybridized carbons (Fsp3) is 0.423. The highest BCUT2D eigenvalue weighted by Gasteiger charge is 2.21. The molecule has 0 spiro atoms. The summed E-state index contributed by atoms with van der Waals surface area (Å²) in [4.78, 5) is 36.1. The van der Waals surface area contributed by atoms with Crippen LogP contribution >= 0.6 is 23.4 Å². The van der Waals surface area contributed by atoms with Crippen molar-refractivity contribution in [3.05, 3.63) is 52.0 Å². The number of benzene rings is 2. The van der Waals surface area contributed by atoms with Crippen molar-refractivity contribution >= 4 is 41.1 Å². The van der Waals surface area contributed by atoms with E-state index < -0.39 is 17.9 Å². The summed E-state index contributed by atoms with van der Waals surface area (Å²) in [6, 6.07) is 8.76. The largest absolute Gasteiger partial charge is 0.493 e. The Balaban J connectivity index is 2.05. The zero-order valence-corrected chi connectivity index (χ0v) is 21.6. The molecule has 2 aromatic rings. The summed E-state index contributed by atoms with van der Waals surface area (Å²) >= 11 is 7.91. The van der Waals surface area contributed by atoms with E-state index in [0.29, 0.717) is 47.1 Å². The number of carboxylic acid groups (broad SMARTS) is 1.